The summed E-state index contributed by atoms with van der Waals surface area (Å²) in [6.45, 7) is 3.54. The zero-order valence-electron chi connectivity index (χ0n) is 19.6. The molecule has 0 unspecified atom stereocenters. The van der Waals surface area contributed by atoms with Crippen LogP contribution in [-0.4, -0.2) is 77.8 Å². The first-order valence-corrected chi connectivity index (χ1v) is 11.5. The van der Waals surface area contributed by atoms with E-state index in [4.69, 9.17) is 4.74 Å². The van der Waals surface area contributed by atoms with Crippen LogP contribution in [0.3, 0.4) is 0 Å². The molecule has 0 bridgehead atoms. The number of pyridine rings is 1. The highest BCUT2D eigenvalue weighted by molar-refractivity contribution is 5.98. The van der Waals surface area contributed by atoms with Gasteiger partial charge in [0.15, 0.2) is 11.3 Å². The van der Waals surface area contributed by atoms with Gasteiger partial charge in [0.05, 0.1) is 17.9 Å². The molecule has 36 heavy (non-hydrogen) atoms. The lowest BCUT2D eigenvalue weighted by molar-refractivity contribution is 0.0942. The van der Waals surface area contributed by atoms with Gasteiger partial charge in [-0.15, -0.1) is 0 Å². The number of benzene rings is 1. The fraction of sp³-hybridized carbons (Fsp3) is 0.333. The van der Waals surface area contributed by atoms with Crippen molar-refractivity contribution < 1.29 is 23.8 Å². The molecule has 0 saturated carbocycles. The molecule has 2 aliphatic heterocycles. The first-order valence-electron chi connectivity index (χ1n) is 11.5. The van der Waals surface area contributed by atoms with Gasteiger partial charge in [-0.1, -0.05) is 12.1 Å². The van der Waals surface area contributed by atoms with Gasteiger partial charge >= 0.3 is 11.7 Å². The number of likely N-dealkylation sites (N-methyl/N-ethyl adjacent to an activating group) is 1. The van der Waals surface area contributed by atoms with E-state index in [0.29, 0.717) is 30.0 Å². The second kappa shape index (κ2) is 9.46. The number of carbonyl (C=O) groups excluding carboxylic acids is 2. The van der Waals surface area contributed by atoms with Crippen molar-refractivity contribution in [3.63, 3.8) is 0 Å². The second-order valence-electron chi connectivity index (χ2n) is 8.76. The third-order valence-corrected chi connectivity index (χ3v) is 6.37. The monoisotopic (exact) mass is 496 g/mol. The lowest BCUT2D eigenvalue weighted by atomic mass is 10.2. The highest BCUT2D eigenvalue weighted by Gasteiger charge is 2.29. The number of fused-ring (bicyclic) bond motifs is 1. The Morgan fingerprint density at radius 1 is 1.14 bits per heavy atom. The predicted octanol–water partition coefficient (Wildman–Crippen LogP) is 1.18. The van der Waals surface area contributed by atoms with Gasteiger partial charge in [-0.05, 0) is 30.8 Å². The number of ether oxygens (including phenoxy) is 1. The maximum atomic E-state index is 13.2. The smallest absolute Gasteiger partial charge is 0.414 e. The van der Waals surface area contributed by atoms with Crippen LogP contribution in [0.2, 0.25) is 0 Å². The van der Waals surface area contributed by atoms with Crippen LogP contribution in [-0.2, 0) is 11.3 Å². The maximum absolute atomic E-state index is 13.2. The van der Waals surface area contributed by atoms with Crippen LogP contribution >= 0.6 is 0 Å². The van der Waals surface area contributed by atoms with Gasteiger partial charge in [0.1, 0.15) is 12.4 Å². The summed E-state index contributed by atoms with van der Waals surface area (Å²) in [5.74, 6) is -2.00. The standard InChI is InChI=1S/C24H25FN6O5/c1-28-6-8-29(9-7-28)17-12-18(30-10-11-36-24(30)35)21-27-19(20(32)23(34)31(21)14-17)22(33)26-13-15-2-4-16(25)5-3-15/h2-5,12,14,32H,6-11,13H2,1H3,(H,26,33). The molecule has 12 heteroatoms. The first-order chi connectivity index (χ1) is 17.3. The molecule has 2 saturated heterocycles. The molecule has 0 spiro atoms. The second-order valence-corrected chi connectivity index (χ2v) is 8.76. The Balaban J connectivity index is 1.55. The zero-order valence-corrected chi connectivity index (χ0v) is 19.6. The van der Waals surface area contributed by atoms with Gasteiger partial charge in [0.25, 0.3) is 5.91 Å². The Morgan fingerprint density at radius 2 is 1.86 bits per heavy atom. The molecular formula is C24H25FN6O5. The minimum Gasteiger partial charge on any atom is -0.501 e. The molecule has 188 valence electrons. The molecule has 0 atom stereocenters. The molecule has 2 aliphatic rings. The van der Waals surface area contributed by atoms with Crippen LogP contribution in [0.1, 0.15) is 16.1 Å². The number of carbonyl (C=O) groups is 2. The number of nitrogens with zero attached hydrogens (tertiary/aromatic N) is 5. The Morgan fingerprint density at radius 3 is 2.53 bits per heavy atom. The third-order valence-electron chi connectivity index (χ3n) is 6.37. The molecule has 2 amide bonds. The van der Waals surface area contributed by atoms with E-state index in [1.807, 2.05) is 7.05 Å². The number of aromatic hydroxyl groups is 1. The van der Waals surface area contributed by atoms with E-state index in [9.17, 15) is 23.9 Å². The molecule has 0 aliphatic carbocycles. The third kappa shape index (κ3) is 4.42. The number of anilines is 2. The summed E-state index contributed by atoms with van der Waals surface area (Å²) in [5, 5.41) is 13.2. The largest absolute Gasteiger partial charge is 0.501 e. The van der Waals surface area contributed by atoms with Crippen molar-refractivity contribution in [1.29, 1.82) is 0 Å². The normalized spacial score (nSPS) is 16.4. The summed E-state index contributed by atoms with van der Waals surface area (Å²) >= 11 is 0. The molecule has 2 N–H and O–H groups in total. The van der Waals surface area contributed by atoms with Gasteiger partial charge in [-0.25, -0.2) is 14.2 Å². The molecule has 3 aromatic rings. The summed E-state index contributed by atoms with van der Waals surface area (Å²) in [7, 11) is 2.03. The topological polar surface area (TPSA) is 120 Å². The molecule has 11 nitrogen and oxygen atoms in total. The Bertz CT molecular complexity index is 1380. The van der Waals surface area contributed by atoms with Crippen LogP contribution in [0.25, 0.3) is 5.65 Å². The summed E-state index contributed by atoms with van der Waals surface area (Å²) in [6.07, 6.45) is 0.970. The van der Waals surface area contributed by atoms with Gasteiger partial charge in [-0.2, -0.15) is 0 Å². The summed E-state index contributed by atoms with van der Waals surface area (Å²) in [6, 6.07) is 7.29. The van der Waals surface area contributed by atoms with E-state index in [0.717, 1.165) is 17.5 Å². The van der Waals surface area contributed by atoms with Crippen molar-refractivity contribution >= 4 is 29.0 Å². The Labute approximate surface area is 205 Å². The van der Waals surface area contributed by atoms with Crippen LogP contribution in [0.15, 0.2) is 41.3 Å². The maximum Gasteiger partial charge on any atom is 0.414 e. The molecule has 4 heterocycles. The van der Waals surface area contributed by atoms with Crippen molar-refractivity contribution in [2.75, 3.05) is 56.2 Å². The van der Waals surface area contributed by atoms with E-state index in [2.05, 4.69) is 20.1 Å². The fourth-order valence-corrected chi connectivity index (χ4v) is 4.27. The number of piperazine rings is 1. The van der Waals surface area contributed by atoms with E-state index in [-0.39, 0.29) is 25.3 Å². The van der Waals surface area contributed by atoms with Crippen LogP contribution in [0.4, 0.5) is 20.6 Å². The average Bonchev–Trinajstić information content (AvgIpc) is 3.31. The molecule has 0 radical (unpaired) electrons. The highest BCUT2D eigenvalue weighted by Crippen LogP contribution is 2.30. The Hall–Kier alpha value is -4.19. The number of cyclic esters (lactones) is 1. The van der Waals surface area contributed by atoms with Crippen LogP contribution in [0, 0.1) is 5.82 Å². The molecule has 5 rings (SSSR count). The number of nitrogens with one attached hydrogen (secondary N) is 1. The quantitative estimate of drug-likeness (QED) is 0.541. The van der Waals surface area contributed by atoms with Crippen molar-refractivity contribution in [1.82, 2.24) is 19.6 Å². The fourth-order valence-electron chi connectivity index (χ4n) is 4.27. The van der Waals surface area contributed by atoms with Gasteiger partial charge in [-0.3, -0.25) is 18.9 Å². The first kappa shape index (κ1) is 23.5. The predicted molar refractivity (Wildman–Crippen MR) is 129 cm³/mol. The summed E-state index contributed by atoms with van der Waals surface area (Å²) in [4.78, 5) is 48.4. The van der Waals surface area contributed by atoms with Crippen molar-refractivity contribution in [2.45, 2.75) is 6.54 Å². The number of rotatable bonds is 5. The average molecular weight is 496 g/mol. The molecule has 2 fully saturated rings. The molecule has 2 aromatic heterocycles. The van der Waals surface area contributed by atoms with Gasteiger partial charge in [0.2, 0.25) is 5.75 Å². The van der Waals surface area contributed by atoms with Crippen molar-refractivity contribution in [3.05, 3.63) is 64.0 Å². The molecular weight excluding hydrogens is 471 g/mol. The molecule has 1 aromatic carbocycles. The van der Waals surface area contributed by atoms with E-state index in [1.165, 1.54) is 29.2 Å². The lowest BCUT2D eigenvalue weighted by Crippen LogP contribution is -2.44. The number of amides is 2. The van der Waals surface area contributed by atoms with Crippen LogP contribution < -0.4 is 20.7 Å². The van der Waals surface area contributed by atoms with Crippen molar-refractivity contribution in [2.24, 2.45) is 0 Å². The Kier molecular flexibility index (Phi) is 6.18. The van der Waals surface area contributed by atoms with E-state index >= 15 is 0 Å². The SMILES string of the molecule is CN1CCN(c2cc(N3CCOC3=O)c3nc(C(=O)NCc4ccc(F)cc4)c(O)c(=O)n3c2)CC1. The zero-order chi connectivity index (χ0) is 25.4. The minimum absolute atomic E-state index is 0.0350. The number of halogens is 1. The highest BCUT2D eigenvalue weighted by atomic mass is 19.1. The van der Waals surface area contributed by atoms with E-state index < -0.39 is 34.8 Å². The summed E-state index contributed by atoms with van der Waals surface area (Å²) in [5.41, 5.74) is 0.348. The van der Waals surface area contributed by atoms with Crippen molar-refractivity contribution in [3.8, 4) is 5.75 Å². The minimum atomic E-state index is -0.836. The number of hydrogen-bond donors (Lipinski definition) is 2. The number of hydrogen-bond acceptors (Lipinski definition) is 8. The summed E-state index contributed by atoms with van der Waals surface area (Å²) < 4.78 is 19.4. The number of aromatic nitrogens is 2. The lowest BCUT2D eigenvalue weighted by Gasteiger charge is -2.34. The van der Waals surface area contributed by atoms with Crippen LogP contribution in [0.5, 0.6) is 5.75 Å². The van der Waals surface area contributed by atoms with Gasteiger partial charge < -0.3 is 25.0 Å². The van der Waals surface area contributed by atoms with E-state index in [1.54, 1.807) is 12.3 Å². The van der Waals surface area contributed by atoms with Gasteiger partial charge in [0, 0.05) is 38.9 Å².